The van der Waals surface area contributed by atoms with Gasteiger partial charge in [0.05, 0.1) is 0 Å². The third-order valence-corrected chi connectivity index (χ3v) is 2.28. The fraction of sp³-hybridized carbons (Fsp3) is 0.500. The monoisotopic (exact) mass is 149 g/mol. The van der Waals surface area contributed by atoms with Crippen LogP contribution in [0.5, 0.6) is 0 Å². The second-order valence-electron chi connectivity index (χ2n) is 1.71. The van der Waals surface area contributed by atoms with Gasteiger partial charge in [0.1, 0.15) is 6.26 Å². The van der Waals surface area contributed by atoms with Crippen LogP contribution in [0.3, 0.4) is 0 Å². The normalized spacial score (nSPS) is 25.4. The molecular weight excluding hydrogens is 142 g/mol. The molecule has 0 fully saturated rings. The Morgan fingerprint density at radius 2 is 2.33 bits per heavy atom. The van der Waals surface area contributed by atoms with Crippen molar-refractivity contribution in [3.05, 3.63) is 12.3 Å². The minimum Gasteiger partial charge on any atom is -0.379 e. The Morgan fingerprint density at radius 3 is 2.67 bits per heavy atom. The summed E-state index contributed by atoms with van der Waals surface area (Å²) in [5, 5.41) is 0. The summed E-state index contributed by atoms with van der Waals surface area (Å²) in [6, 6.07) is 0. The van der Waals surface area contributed by atoms with E-state index in [-0.39, 0.29) is 0 Å². The molecule has 52 valence electrons. The SMILES string of the molecule is CN1CC=COS1(=O)=O. The molecule has 0 saturated heterocycles. The van der Waals surface area contributed by atoms with Crippen LogP contribution in [0.1, 0.15) is 0 Å². The van der Waals surface area contributed by atoms with Crippen LogP contribution < -0.4 is 0 Å². The molecule has 4 nitrogen and oxygen atoms in total. The van der Waals surface area contributed by atoms with Crippen molar-refractivity contribution in [3.8, 4) is 0 Å². The van der Waals surface area contributed by atoms with Crippen molar-refractivity contribution in [1.29, 1.82) is 0 Å². The topological polar surface area (TPSA) is 46.6 Å². The van der Waals surface area contributed by atoms with Crippen molar-refractivity contribution < 1.29 is 12.6 Å². The van der Waals surface area contributed by atoms with E-state index in [4.69, 9.17) is 0 Å². The quantitative estimate of drug-likeness (QED) is 0.475. The fourth-order valence-corrected chi connectivity index (χ4v) is 1.10. The minimum absolute atomic E-state index is 0.391. The van der Waals surface area contributed by atoms with Gasteiger partial charge in [0.2, 0.25) is 0 Å². The molecule has 9 heavy (non-hydrogen) atoms. The van der Waals surface area contributed by atoms with E-state index in [9.17, 15) is 8.42 Å². The molecule has 1 aliphatic heterocycles. The smallest absolute Gasteiger partial charge is 0.379 e. The predicted octanol–water partition coefficient (Wildman–Crippen LogP) is -0.293. The maximum Gasteiger partial charge on any atom is 0.384 e. The highest BCUT2D eigenvalue weighted by Gasteiger charge is 2.18. The van der Waals surface area contributed by atoms with E-state index >= 15 is 0 Å². The van der Waals surface area contributed by atoms with Crippen LogP contribution in [0, 0.1) is 0 Å². The molecule has 0 aliphatic carbocycles. The van der Waals surface area contributed by atoms with Gasteiger partial charge in [-0.1, -0.05) is 0 Å². The lowest BCUT2D eigenvalue weighted by molar-refractivity contribution is 0.359. The highest BCUT2D eigenvalue weighted by atomic mass is 32.2. The lowest BCUT2D eigenvalue weighted by Crippen LogP contribution is -2.30. The summed E-state index contributed by atoms with van der Waals surface area (Å²) in [5.74, 6) is 0. The molecule has 0 radical (unpaired) electrons. The van der Waals surface area contributed by atoms with Gasteiger partial charge in [0, 0.05) is 13.6 Å². The van der Waals surface area contributed by atoms with Gasteiger partial charge in [0.25, 0.3) is 0 Å². The summed E-state index contributed by atoms with van der Waals surface area (Å²) in [7, 11) is -1.96. The van der Waals surface area contributed by atoms with Crippen LogP contribution in [0.4, 0.5) is 0 Å². The van der Waals surface area contributed by atoms with Gasteiger partial charge in [-0.3, -0.25) is 0 Å². The van der Waals surface area contributed by atoms with E-state index in [0.29, 0.717) is 6.54 Å². The Balaban J connectivity index is 2.90. The molecule has 0 aromatic rings. The lowest BCUT2D eigenvalue weighted by Gasteiger charge is -2.16. The van der Waals surface area contributed by atoms with Crippen LogP contribution >= 0.6 is 0 Å². The van der Waals surface area contributed by atoms with Crippen LogP contribution in [0.15, 0.2) is 12.3 Å². The first-order chi connectivity index (χ1) is 4.13. The van der Waals surface area contributed by atoms with Crippen molar-refractivity contribution >= 4 is 10.3 Å². The molecule has 0 bridgehead atoms. The average Bonchev–Trinajstić information content (AvgIpc) is 1.77. The number of hydrogen-bond donors (Lipinski definition) is 0. The fourth-order valence-electron chi connectivity index (χ4n) is 0.466. The van der Waals surface area contributed by atoms with E-state index in [0.717, 1.165) is 4.31 Å². The van der Waals surface area contributed by atoms with Gasteiger partial charge in [-0.05, 0) is 6.08 Å². The first-order valence-corrected chi connectivity index (χ1v) is 3.79. The van der Waals surface area contributed by atoms with Crippen molar-refractivity contribution in [3.63, 3.8) is 0 Å². The Bertz CT molecular complexity index is 218. The standard InChI is InChI=1S/C4H7NO3S/c1-5-3-2-4-8-9(5,6)7/h2,4H,3H2,1H3. The molecule has 0 amide bonds. The van der Waals surface area contributed by atoms with Crippen molar-refractivity contribution in [2.24, 2.45) is 0 Å². The molecule has 1 heterocycles. The summed E-state index contributed by atoms with van der Waals surface area (Å²) in [6.45, 7) is 0.391. The molecule has 1 rings (SSSR count). The van der Waals surface area contributed by atoms with Gasteiger partial charge in [-0.2, -0.15) is 12.7 Å². The average molecular weight is 149 g/mol. The van der Waals surface area contributed by atoms with E-state index < -0.39 is 10.3 Å². The molecule has 0 aromatic carbocycles. The molecule has 0 spiro atoms. The minimum atomic E-state index is -3.41. The Morgan fingerprint density at radius 1 is 1.67 bits per heavy atom. The lowest BCUT2D eigenvalue weighted by atomic mass is 10.6. The number of hydrogen-bond acceptors (Lipinski definition) is 3. The zero-order valence-electron chi connectivity index (χ0n) is 4.94. The van der Waals surface area contributed by atoms with Gasteiger partial charge < -0.3 is 4.18 Å². The van der Waals surface area contributed by atoms with Crippen LogP contribution in [0.2, 0.25) is 0 Å². The zero-order chi connectivity index (χ0) is 6.91. The summed E-state index contributed by atoms with van der Waals surface area (Å²) < 4.78 is 26.7. The molecular formula is C4H7NO3S. The van der Waals surface area contributed by atoms with Crippen LogP contribution in [-0.2, 0) is 14.5 Å². The van der Waals surface area contributed by atoms with Gasteiger partial charge in [0.15, 0.2) is 0 Å². The first-order valence-electron chi connectivity index (χ1n) is 2.42. The van der Waals surface area contributed by atoms with Crippen molar-refractivity contribution in [2.45, 2.75) is 0 Å². The van der Waals surface area contributed by atoms with E-state index in [2.05, 4.69) is 4.18 Å². The molecule has 0 saturated carbocycles. The second kappa shape index (κ2) is 2.00. The molecule has 0 aromatic heterocycles. The van der Waals surface area contributed by atoms with E-state index in [1.807, 2.05) is 0 Å². The molecule has 1 aliphatic rings. The van der Waals surface area contributed by atoms with E-state index in [1.165, 1.54) is 13.3 Å². The van der Waals surface area contributed by atoms with E-state index in [1.54, 1.807) is 6.08 Å². The van der Waals surface area contributed by atoms with Gasteiger partial charge in [-0.25, -0.2) is 0 Å². The Hall–Kier alpha value is -0.550. The van der Waals surface area contributed by atoms with Crippen LogP contribution in [-0.4, -0.2) is 26.3 Å². The van der Waals surface area contributed by atoms with Crippen LogP contribution in [0.25, 0.3) is 0 Å². The number of nitrogens with zero attached hydrogens (tertiary/aromatic N) is 1. The molecule has 0 atom stereocenters. The van der Waals surface area contributed by atoms with Crippen molar-refractivity contribution in [2.75, 3.05) is 13.6 Å². The van der Waals surface area contributed by atoms with Gasteiger partial charge in [-0.15, -0.1) is 0 Å². The highest BCUT2D eigenvalue weighted by molar-refractivity contribution is 7.84. The first kappa shape index (κ1) is 6.57. The molecule has 0 unspecified atom stereocenters. The second-order valence-corrected chi connectivity index (χ2v) is 3.38. The molecule has 0 N–H and O–H groups in total. The molecule has 5 heteroatoms. The number of likely N-dealkylation sites (N-methyl/N-ethyl adjacent to an activating group) is 1. The van der Waals surface area contributed by atoms with Crippen molar-refractivity contribution in [1.82, 2.24) is 4.31 Å². The third kappa shape index (κ3) is 1.22. The summed E-state index contributed by atoms with van der Waals surface area (Å²) in [4.78, 5) is 0. The number of rotatable bonds is 0. The summed E-state index contributed by atoms with van der Waals surface area (Å²) in [5.41, 5.74) is 0. The summed E-state index contributed by atoms with van der Waals surface area (Å²) >= 11 is 0. The zero-order valence-corrected chi connectivity index (χ0v) is 5.76. The largest absolute Gasteiger partial charge is 0.384 e. The summed E-state index contributed by atoms with van der Waals surface area (Å²) in [6.07, 6.45) is 2.80. The highest BCUT2D eigenvalue weighted by Crippen LogP contribution is 2.05. The maximum absolute atomic E-state index is 10.6. The predicted molar refractivity (Wildman–Crippen MR) is 31.8 cm³/mol. The maximum atomic E-state index is 10.6. The third-order valence-electron chi connectivity index (χ3n) is 1.02. The Kier molecular flexibility index (Phi) is 1.46. The Labute approximate surface area is 54.0 Å². The van der Waals surface area contributed by atoms with Gasteiger partial charge >= 0.3 is 10.3 Å².